The van der Waals surface area contributed by atoms with Crippen molar-refractivity contribution >= 4 is 27.3 Å². The molecule has 0 bridgehead atoms. The lowest BCUT2D eigenvalue weighted by Crippen LogP contribution is -2.45. The van der Waals surface area contributed by atoms with Gasteiger partial charge in [-0.25, -0.2) is 13.1 Å². The second kappa shape index (κ2) is 6.27. The van der Waals surface area contributed by atoms with Gasteiger partial charge in [0.2, 0.25) is 10.0 Å². The Hall–Kier alpha value is -1.22. The van der Waals surface area contributed by atoms with Crippen LogP contribution in [0.1, 0.15) is 25.7 Å². The molecule has 0 amide bonds. The van der Waals surface area contributed by atoms with E-state index in [-0.39, 0.29) is 5.02 Å². The minimum absolute atomic E-state index is 0.0818. The minimum atomic E-state index is -4.10. The van der Waals surface area contributed by atoms with E-state index >= 15 is 0 Å². The summed E-state index contributed by atoms with van der Waals surface area (Å²) in [5, 5.41) is 20.9. The zero-order valence-corrected chi connectivity index (χ0v) is 12.6. The zero-order valence-electron chi connectivity index (χ0n) is 11.0. The Morgan fingerprint density at radius 2 is 2.00 bits per heavy atom. The molecular weight excluding hydrogens is 320 g/mol. The monoisotopic (exact) mass is 334 g/mol. The quantitative estimate of drug-likeness (QED) is 0.644. The van der Waals surface area contributed by atoms with Crippen molar-refractivity contribution in [2.75, 3.05) is 0 Å². The fraction of sp³-hybridized carbons (Fsp3) is 0.500. The van der Waals surface area contributed by atoms with E-state index < -0.39 is 37.7 Å². The summed E-state index contributed by atoms with van der Waals surface area (Å²) in [6, 6.07) is 2.74. The number of nitro benzene ring substituents is 1. The molecular formula is C12H15ClN2O5S. The molecule has 1 aliphatic rings. The molecule has 0 saturated heterocycles. The lowest BCUT2D eigenvalue weighted by molar-refractivity contribution is -0.387. The first-order valence-electron chi connectivity index (χ1n) is 6.45. The molecule has 0 aromatic heterocycles. The number of hydrogen-bond donors (Lipinski definition) is 2. The van der Waals surface area contributed by atoms with Gasteiger partial charge < -0.3 is 5.11 Å². The van der Waals surface area contributed by atoms with Crippen LogP contribution in [0.15, 0.2) is 23.1 Å². The maximum Gasteiger partial charge on any atom is 0.290 e. The number of halogens is 1. The first-order valence-corrected chi connectivity index (χ1v) is 8.32. The van der Waals surface area contributed by atoms with Crippen molar-refractivity contribution in [3.63, 3.8) is 0 Å². The summed E-state index contributed by atoms with van der Waals surface area (Å²) in [7, 11) is -4.10. The van der Waals surface area contributed by atoms with Crippen LogP contribution in [0.3, 0.4) is 0 Å². The zero-order chi connectivity index (χ0) is 15.6. The molecule has 2 unspecified atom stereocenters. The molecule has 0 aliphatic heterocycles. The average molecular weight is 335 g/mol. The van der Waals surface area contributed by atoms with Crippen LogP contribution in [-0.2, 0) is 10.0 Å². The first kappa shape index (κ1) is 16.2. The number of sulfonamides is 1. The summed E-state index contributed by atoms with van der Waals surface area (Å²) in [6.45, 7) is 0. The van der Waals surface area contributed by atoms with Gasteiger partial charge in [-0.15, -0.1) is 0 Å². The summed E-state index contributed by atoms with van der Waals surface area (Å²) in [5.74, 6) is 0. The van der Waals surface area contributed by atoms with Gasteiger partial charge in [-0.3, -0.25) is 10.1 Å². The van der Waals surface area contributed by atoms with Crippen molar-refractivity contribution in [3.8, 4) is 0 Å². The van der Waals surface area contributed by atoms with Crippen LogP contribution < -0.4 is 4.72 Å². The van der Waals surface area contributed by atoms with E-state index in [2.05, 4.69) is 4.72 Å². The van der Waals surface area contributed by atoms with Crippen LogP contribution in [0.5, 0.6) is 0 Å². The highest BCUT2D eigenvalue weighted by Gasteiger charge is 2.32. The minimum Gasteiger partial charge on any atom is -0.391 e. The molecule has 1 saturated carbocycles. The number of nitro groups is 1. The average Bonchev–Trinajstić information content (AvgIpc) is 2.40. The Morgan fingerprint density at radius 1 is 1.33 bits per heavy atom. The Kier molecular flexibility index (Phi) is 4.82. The van der Waals surface area contributed by atoms with Crippen molar-refractivity contribution in [2.45, 2.75) is 42.7 Å². The number of nitrogens with zero attached hydrogens (tertiary/aromatic N) is 1. The normalized spacial score (nSPS) is 23.0. The second-order valence-electron chi connectivity index (χ2n) is 4.95. The topological polar surface area (TPSA) is 110 Å². The molecule has 0 heterocycles. The third kappa shape index (κ3) is 3.70. The maximum atomic E-state index is 12.3. The van der Waals surface area contributed by atoms with Gasteiger partial charge in [-0.2, -0.15) is 0 Å². The highest BCUT2D eigenvalue weighted by molar-refractivity contribution is 7.89. The van der Waals surface area contributed by atoms with Crippen molar-refractivity contribution in [1.29, 1.82) is 0 Å². The second-order valence-corrected chi connectivity index (χ2v) is 7.07. The number of aliphatic hydroxyl groups excluding tert-OH is 1. The van der Waals surface area contributed by atoms with E-state index in [9.17, 15) is 23.6 Å². The Bertz CT molecular complexity index is 649. The van der Waals surface area contributed by atoms with Gasteiger partial charge in [0.1, 0.15) is 0 Å². The predicted octanol–water partition coefficient (Wildman–Crippen LogP) is 1.83. The molecule has 2 atom stereocenters. The summed E-state index contributed by atoms with van der Waals surface area (Å²) < 4.78 is 27.0. The van der Waals surface area contributed by atoms with Gasteiger partial charge in [0.15, 0.2) is 4.90 Å². The molecule has 0 spiro atoms. The third-order valence-electron chi connectivity index (χ3n) is 3.44. The molecule has 1 aliphatic carbocycles. The molecule has 2 rings (SSSR count). The van der Waals surface area contributed by atoms with E-state index in [1.807, 2.05) is 0 Å². The van der Waals surface area contributed by atoms with E-state index in [4.69, 9.17) is 11.6 Å². The molecule has 1 aromatic carbocycles. The van der Waals surface area contributed by atoms with Gasteiger partial charge in [0.25, 0.3) is 5.69 Å². The first-order chi connectivity index (χ1) is 9.81. The number of rotatable bonds is 4. The third-order valence-corrected chi connectivity index (χ3v) is 5.22. The molecule has 2 N–H and O–H groups in total. The number of aliphatic hydroxyl groups is 1. The summed E-state index contributed by atoms with van der Waals surface area (Å²) in [5.41, 5.74) is -0.583. The van der Waals surface area contributed by atoms with Crippen LogP contribution in [0.4, 0.5) is 5.69 Å². The fourth-order valence-electron chi connectivity index (χ4n) is 2.37. The SMILES string of the molecule is O=[N+]([O-])c1cc(Cl)ccc1S(=O)(=O)NC1CCCCC1O. The number of nitrogens with one attached hydrogen (secondary N) is 1. The number of hydrogen-bond acceptors (Lipinski definition) is 5. The van der Waals surface area contributed by atoms with Gasteiger partial charge >= 0.3 is 0 Å². The maximum absolute atomic E-state index is 12.3. The van der Waals surface area contributed by atoms with E-state index in [1.54, 1.807) is 0 Å². The van der Waals surface area contributed by atoms with Gasteiger partial charge in [-0.05, 0) is 25.0 Å². The van der Waals surface area contributed by atoms with Crippen LogP contribution in [0.2, 0.25) is 5.02 Å². The van der Waals surface area contributed by atoms with Crippen LogP contribution >= 0.6 is 11.6 Å². The molecule has 1 fully saturated rings. The van der Waals surface area contributed by atoms with E-state index in [0.717, 1.165) is 25.0 Å². The van der Waals surface area contributed by atoms with E-state index in [0.29, 0.717) is 12.8 Å². The molecule has 116 valence electrons. The highest BCUT2D eigenvalue weighted by Crippen LogP contribution is 2.28. The highest BCUT2D eigenvalue weighted by atomic mass is 35.5. The van der Waals surface area contributed by atoms with Crippen molar-refractivity contribution in [3.05, 3.63) is 33.3 Å². The summed E-state index contributed by atoms with van der Waals surface area (Å²) in [6.07, 6.45) is 1.87. The van der Waals surface area contributed by atoms with Crippen molar-refractivity contribution < 1.29 is 18.4 Å². The van der Waals surface area contributed by atoms with Crippen molar-refractivity contribution in [1.82, 2.24) is 4.72 Å². The van der Waals surface area contributed by atoms with Crippen molar-refractivity contribution in [2.24, 2.45) is 0 Å². The fourth-order valence-corrected chi connectivity index (χ4v) is 3.99. The Balaban J connectivity index is 2.33. The van der Waals surface area contributed by atoms with Crippen LogP contribution in [0, 0.1) is 10.1 Å². The van der Waals surface area contributed by atoms with Gasteiger partial charge in [-0.1, -0.05) is 24.4 Å². The largest absolute Gasteiger partial charge is 0.391 e. The molecule has 7 nitrogen and oxygen atoms in total. The van der Waals surface area contributed by atoms with Gasteiger partial charge in [0.05, 0.1) is 11.0 Å². The lowest BCUT2D eigenvalue weighted by Gasteiger charge is -2.27. The smallest absolute Gasteiger partial charge is 0.290 e. The van der Waals surface area contributed by atoms with Crippen LogP contribution in [-0.4, -0.2) is 30.6 Å². The molecule has 21 heavy (non-hydrogen) atoms. The standard InChI is InChI=1S/C12H15ClN2O5S/c13-8-5-6-12(10(7-8)15(17)18)21(19,20)14-9-3-1-2-4-11(9)16/h5-7,9,11,14,16H,1-4H2. The Morgan fingerprint density at radius 3 is 2.62 bits per heavy atom. The van der Waals surface area contributed by atoms with Crippen LogP contribution in [0.25, 0.3) is 0 Å². The summed E-state index contributed by atoms with van der Waals surface area (Å²) >= 11 is 5.67. The predicted molar refractivity (Wildman–Crippen MR) is 76.7 cm³/mol. The lowest BCUT2D eigenvalue weighted by atomic mass is 9.93. The molecule has 1 aromatic rings. The van der Waals surface area contributed by atoms with E-state index in [1.165, 1.54) is 6.07 Å². The molecule has 9 heteroatoms. The van der Waals surface area contributed by atoms with Gasteiger partial charge in [0, 0.05) is 17.1 Å². The summed E-state index contributed by atoms with van der Waals surface area (Å²) in [4.78, 5) is 9.74. The molecule has 0 radical (unpaired) electrons. The number of benzene rings is 1. The Labute approximate surface area is 127 Å².